The summed E-state index contributed by atoms with van der Waals surface area (Å²) in [5.74, 6) is -0.958. The maximum absolute atomic E-state index is 10.7. The Balaban J connectivity index is 2.81. The van der Waals surface area contributed by atoms with E-state index in [2.05, 4.69) is 10.2 Å². The van der Waals surface area contributed by atoms with Crippen molar-refractivity contribution in [2.45, 2.75) is 0 Å². The molecule has 0 aliphatic carbocycles. The monoisotopic (exact) mass is 177 g/mol. The third-order valence-electron chi connectivity index (χ3n) is 1.94. The van der Waals surface area contributed by atoms with Crippen LogP contribution in [-0.2, 0) is 7.05 Å². The molecule has 0 unspecified atom stereocenters. The standard InChI is InChI=1S/C8H7N3O2/c1-11-6-2-3-9-10-5(6)4-7(11)8(12)13/h2-4H,1H3,(H,12,13). The minimum Gasteiger partial charge on any atom is -0.477 e. The highest BCUT2D eigenvalue weighted by molar-refractivity contribution is 5.92. The number of carboxylic acid groups (broad SMARTS) is 1. The number of aromatic nitrogens is 3. The van der Waals surface area contributed by atoms with E-state index < -0.39 is 5.97 Å². The third-order valence-corrected chi connectivity index (χ3v) is 1.94. The Morgan fingerprint density at radius 3 is 3.00 bits per heavy atom. The lowest BCUT2D eigenvalue weighted by molar-refractivity contribution is 0.0687. The topological polar surface area (TPSA) is 68.0 Å². The molecule has 2 aromatic heterocycles. The van der Waals surface area contributed by atoms with Gasteiger partial charge in [0.15, 0.2) is 0 Å². The molecule has 13 heavy (non-hydrogen) atoms. The molecule has 0 aliphatic rings. The summed E-state index contributed by atoms with van der Waals surface area (Å²) in [6, 6.07) is 3.24. The summed E-state index contributed by atoms with van der Waals surface area (Å²) in [6.45, 7) is 0. The van der Waals surface area contributed by atoms with Gasteiger partial charge >= 0.3 is 5.97 Å². The van der Waals surface area contributed by atoms with Crippen LogP contribution in [0.2, 0.25) is 0 Å². The van der Waals surface area contributed by atoms with Gasteiger partial charge in [-0.1, -0.05) is 0 Å². The number of aromatic carboxylic acids is 1. The van der Waals surface area contributed by atoms with Crippen LogP contribution >= 0.6 is 0 Å². The molecule has 1 N–H and O–H groups in total. The predicted molar refractivity (Wildman–Crippen MR) is 45.5 cm³/mol. The van der Waals surface area contributed by atoms with Gasteiger partial charge in [-0.15, -0.1) is 5.10 Å². The van der Waals surface area contributed by atoms with Crippen molar-refractivity contribution in [1.29, 1.82) is 0 Å². The van der Waals surface area contributed by atoms with Crippen LogP contribution in [-0.4, -0.2) is 25.8 Å². The molecule has 2 rings (SSSR count). The summed E-state index contributed by atoms with van der Waals surface area (Å²) in [5, 5.41) is 16.3. The van der Waals surface area contributed by atoms with Crippen LogP contribution in [0.5, 0.6) is 0 Å². The number of aryl methyl sites for hydroxylation is 1. The number of rotatable bonds is 1. The van der Waals surface area contributed by atoms with Crippen molar-refractivity contribution in [3.05, 3.63) is 24.0 Å². The van der Waals surface area contributed by atoms with E-state index in [-0.39, 0.29) is 5.69 Å². The van der Waals surface area contributed by atoms with E-state index in [1.165, 1.54) is 12.3 Å². The molecule has 0 spiro atoms. The maximum Gasteiger partial charge on any atom is 0.352 e. The van der Waals surface area contributed by atoms with Gasteiger partial charge in [-0.2, -0.15) is 5.10 Å². The van der Waals surface area contributed by atoms with E-state index in [4.69, 9.17) is 5.11 Å². The van der Waals surface area contributed by atoms with Gasteiger partial charge < -0.3 is 9.67 Å². The van der Waals surface area contributed by atoms with Gasteiger partial charge in [0, 0.05) is 7.05 Å². The summed E-state index contributed by atoms with van der Waals surface area (Å²) < 4.78 is 1.58. The third kappa shape index (κ3) is 1.05. The summed E-state index contributed by atoms with van der Waals surface area (Å²) in [7, 11) is 1.69. The quantitative estimate of drug-likeness (QED) is 0.695. The fraction of sp³-hybridized carbons (Fsp3) is 0.125. The molecule has 2 heterocycles. The second kappa shape index (κ2) is 2.55. The molecule has 0 amide bonds. The molecule has 0 radical (unpaired) electrons. The van der Waals surface area contributed by atoms with E-state index in [1.807, 2.05) is 0 Å². The second-order valence-corrected chi connectivity index (χ2v) is 2.70. The minimum absolute atomic E-state index is 0.218. The van der Waals surface area contributed by atoms with Gasteiger partial charge in [-0.25, -0.2) is 4.79 Å². The maximum atomic E-state index is 10.7. The lowest BCUT2D eigenvalue weighted by atomic mass is 10.4. The van der Waals surface area contributed by atoms with Gasteiger partial charge in [0.2, 0.25) is 0 Å². The zero-order valence-corrected chi connectivity index (χ0v) is 6.93. The number of nitrogens with zero attached hydrogens (tertiary/aromatic N) is 3. The van der Waals surface area contributed by atoms with E-state index in [0.717, 1.165) is 5.52 Å². The molecule has 5 heteroatoms. The molecule has 0 saturated heterocycles. The Morgan fingerprint density at radius 1 is 1.62 bits per heavy atom. The Bertz CT molecular complexity index is 475. The Morgan fingerprint density at radius 2 is 2.38 bits per heavy atom. The van der Waals surface area contributed by atoms with Crippen LogP contribution in [0.25, 0.3) is 11.0 Å². The largest absolute Gasteiger partial charge is 0.477 e. The fourth-order valence-electron chi connectivity index (χ4n) is 1.28. The molecule has 2 aromatic rings. The fourth-order valence-corrected chi connectivity index (χ4v) is 1.28. The van der Waals surface area contributed by atoms with E-state index >= 15 is 0 Å². The van der Waals surface area contributed by atoms with Gasteiger partial charge in [0.25, 0.3) is 0 Å². The van der Waals surface area contributed by atoms with Crippen LogP contribution in [0, 0.1) is 0 Å². The average Bonchev–Trinajstić information content (AvgIpc) is 2.45. The lowest BCUT2D eigenvalue weighted by Gasteiger charge is -1.96. The highest BCUT2D eigenvalue weighted by atomic mass is 16.4. The van der Waals surface area contributed by atoms with Crippen molar-refractivity contribution >= 4 is 17.0 Å². The summed E-state index contributed by atoms with van der Waals surface area (Å²) in [4.78, 5) is 10.7. The van der Waals surface area contributed by atoms with Crippen molar-refractivity contribution in [2.24, 2.45) is 7.05 Å². The van der Waals surface area contributed by atoms with Crippen molar-refractivity contribution in [3.8, 4) is 0 Å². The first-order chi connectivity index (χ1) is 6.20. The molecule has 0 aromatic carbocycles. The van der Waals surface area contributed by atoms with E-state index in [0.29, 0.717) is 5.52 Å². The van der Waals surface area contributed by atoms with Crippen LogP contribution < -0.4 is 0 Å². The zero-order chi connectivity index (χ0) is 9.42. The van der Waals surface area contributed by atoms with Crippen molar-refractivity contribution in [3.63, 3.8) is 0 Å². The van der Waals surface area contributed by atoms with Gasteiger partial charge in [0.1, 0.15) is 11.2 Å². The highest BCUT2D eigenvalue weighted by Gasteiger charge is 2.11. The van der Waals surface area contributed by atoms with Crippen molar-refractivity contribution < 1.29 is 9.90 Å². The van der Waals surface area contributed by atoms with Crippen LogP contribution in [0.4, 0.5) is 0 Å². The first-order valence-corrected chi connectivity index (χ1v) is 3.70. The van der Waals surface area contributed by atoms with Crippen molar-refractivity contribution in [1.82, 2.24) is 14.8 Å². The number of carboxylic acids is 1. The molecule has 0 bridgehead atoms. The number of hydrogen-bond donors (Lipinski definition) is 1. The number of hydrogen-bond acceptors (Lipinski definition) is 3. The Labute approximate surface area is 73.6 Å². The van der Waals surface area contributed by atoms with Gasteiger partial charge in [-0.05, 0) is 12.1 Å². The van der Waals surface area contributed by atoms with Crippen LogP contribution in [0.1, 0.15) is 10.5 Å². The van der Waals surface area contributed by atoms with Gasteiger partial charge in [0.05, 0.1) is 11.7 Å². The SMILES string of the molecule is Cn1c(C(=O)O)cc2nnccc21. The molecule has 66 valence electrons. The Kier molecular flexibility index (Phi) is 1.51. The normalized spacial score (nSPS) is 10.5. The first-order valence-electron chi connectivity index (χ1n) is 3.70. The summed E-state index contributed by atoms with van der Waals surface area (Å²) >= 11 is 0. The second-order valence-electron chi connectivity index (χ2n) is 2.70. The smallest absolute Gasteiger partial charge is 0.352 e. The molecular formula is C8H7N3O2. The molecule has 5 nitrogen and oxygen atoms in total. The molecule has 0 aliphatic heterocycles. The lowest BCUT2D eigenvalue weighted by Crippen LogP contribution is -2.03. The average molecular weight is 177 g/mol. The van der Waals surface area contributed by atoms with Crippen LogP contribution in [0.15, 0.2) is 18.3 Å². The predicted octanol–water partition coefficient (Wildman–Crippen LogP) is 0.666. The molecule has 0 saturated carbocycles. The van der Waals surface area contributed by atoms with Crippen LogP contribution in [0.3, 0.4) is 0 Å². The summed E-state index contributed by atoms with van der Waals surface area (Å²) in [6.07, 6.45) is 1.54. The Hall–Kier alpha value is -1.91. The number of carbonyl (C=O) groups is 1. The zero-order valence-electron chi connectivity index (χ0n) is 6.93. The van der Waals surface area contributed by atoms with E-state index in [9.17, 15) is 4.79 Å². The minimum atomic E-state index is -0.958. The highest BCUT2D eigenvalue weighted by Crippen LogP contribution is 2.14. The van der Waals surface area contributed by atoms with Crippen molar-refractivity contribution in [2.75, 3.05) is 0 Å². The van der Waals surface area contributed by atoms with Gasteiger partial charge in [-0.3, -0.25) is 0 Å². The molecule has 0 fully saturated rings. The first kappa shape index (κ1) is 7.72. The number of fused-ring (bicyclic) bond motifs is 1. The summed E-state index contributed by atoms with van der Waals surface area (Å²) in [5.41, 5.74) is 1.59. The molecule has 0 atom stereocenters. The molecular weight excluding hydrogens is 170 g/mol. The van der Waals surface area contributed by atoms with E-state index in [1.54, 1.807) is 17.7 Å².